The van der Waals surface area contributed by atoms with Gasteiger partial charge in [-0.05, 0) is 59.9 Å². The van der Waals surface area contributed by atoms with E-state index in [0.717, 1.165) is 19.1 Å². The third-order valence-electron chi connectivity index (χ3n) is 6.89. The Hall–Kier alpha value is -4.82. The van der Waals surface area contributed by atoms with Crippen molar-refractivity contribution in [3.63, 3.8) is 0 Å². The van der Waals surface area contributed by atoms with E-state index in [0.29, 0.717) is 17.9 Å². The SMILES string of the molecule is CCCCOc1ccc(-c2ccc(C(=O)N[C@H](COS(C)(=O)=O)C(C)(C)C)cc2C(=O)O)c(C(=O)Nc2ccc(C(=N)N)cc2)n1. The second-order valence-electron chi connectivity index (χ2n) is 11.6. The average Bonchev–Trinajstić information content (AvgIpc) is 2.98. The predicted octanol–water partition coefficient (Wildman–Crippen LogP) is 4.28. The van der Waals surface area contributed by atoms with Crippen LogP contribution in [0.3, 0.4) is 0 Å². The smallest absolute Gasteiger partial charge is 0.336 e. The number of unbranched alkanes of at least 4 members (excludes halogenated alkanes) is 1. The van der Waals surface area contributed by atoms with Crippen molar-refractivity contribution in [2.75, 3.05) is 24.8 Å². The van der Waals surface area contributed by atoms with Gasteiger partial charge in [0.1, 0.15) is 11.5 Å². The molecular weight excluding hydrogens is 614 g/mol. The van der Waals surface area contributed by atoms with Crippen LogP contribution in [-0.2, 0) is 14.3 Å². The molecule has 0 radical (unpaired) electrons. The van der Waals surface area contributed by atoms with Gasteiger partial charge >= 0.3 is 5.97 Å². The Morgan fingerprint density at radius 1 is 1.00 bits per heavy atom. The van der Waals surface area contributed by atoms with Crippen LogP contribution in [0.4, 0.5) is 5.69 Å². The summed E-state index contributed by atoms with van der Waals surface area (Å²) in [5.41, 5.74) is 5.69. The zero-order valence-corrected chi connectivity index (χ0v) is 27.2. The summed E-state index contributed by atoms with van der Waals surface area (Å²) < 4.78 is 33.7. The Labute approximate surface area is 268 Å². The summed E-state index contributed by atoms with van der Waals surface area (Å²) in [4.78, 5) is 43.7. The molecule has 0 unspecified atom stereocenters. The highest BCUT2D eigenvalue weighted by Gasteiger charge is 2.29. The molecule has 0 spiro atoms. The van der Waals surface area contributed by atoms with Gasteiger partial charge in [-0.25, -0.2) is 9.78 Å². The van der Waals surface area contributed by atoms with Crippen LogP contribution in [0.15, 0.2) is 54.6 Å². The summed E-state index contributed by atoms with van der Waals surface area (Å²) in [5.74, 6) is -2.61. The van der Waals surface area contributed by atoms with Gasteiger partial charge in [0.25, 0.3) is 21.9 Å². The molecule has 14 heteroatoms. The first-order valence-electron chi connectivity index (χ1n) is 14.4. The van der Waals surface area contributed by atoms with Crippen LogP contribution in [-0.4, -0.2) is 67.6 Å². The Balaban J connectivity index is 2.02. The molecule has 0 bridgehead atoms. The molecule has 0 aliphatic rings. The van der Waals surface area contributed by atoms with Gasteiger partial charge in [-0.15, -0.1) is 0 Å². The van der Waals surface area contributed by atoms with Crippen molar-refractivity contribution in [1.29, 1.82) is 5.41 Å². The van der Waals surface area contributed by atoms with Gasteiger partial charge in [-0.3, -0.25) is 19.2 Å². The molecule has 2 amide bonds. The number of amidine groups is 1. The van der Waals surface area contributed by atoms with E-state index >= 15 is 0 Å². The molecule has 46 heavy (non-hydrogen) atoms. The first-order valence-corrected chi connectivity index (χ1v) is 16.2. The number of hydrogen-bond donors (Lipinski definition) is 5. The fraction of sp³-hybridized carbons (Fsp3) is 0.344. The van der Waals surface area contributed by atoms with Gasteiger partial charge in [0.15, 0.2) is 0 Å². The number of benzene rings is 2. The van der Waals surface area contributed by atoms with Crippen LogP contribution in [0.5, 0.6) is 5.88 Å². The minimum absolute atomic E-state index is 0.00111. The summed E-state index contributed by atoms with van der Waals surface area (Å²) in [5, 5.41) is 23.2. The number of nitrogens with one attached hydrogen (secondary N) is 3. The quantitative estimate of drug-likeness (QED) is 0.0721. The number of aromatic nitrogens is 1. The third kappa shape index (κ3) is 9.84. The van der Waals surface area contributed by atoms with Crippen LogP contribution in [0.25, 0.3) is 11.1 Å². The van der Waals surface area contributed by atoms with Crippen LogP contribution < -0.4 is 21.1 Å². The molecular formula is C32H39N5O8S. The predicted molar refractivity (Wildman–Crippen MR) is 174 cm³/mol. The van der Waals surface area contributed by atoms with Crippen LogP contribution >= 0.6 is 0 Å². The normalized spacial score (nSPS) is 12.2. The second-order valence-corrected chi connectivity index (χ2v) is 13.3. The molecule has 6 N–H and O–H groups in total. The fourth-order valence-corrected chi connectivity index (χ4v) is 4.58. The highest BCUT2D eigenvalue weighted by Crippen LogP contribution is 2.30. The highest BCUT2D eigenvalue weighted by molar-refractivity contribution is 7.85. The van der Waals surface area contributed by atoms with Crippen molar-refractivity contribution < 1.29 is 36.8 Å². The number of carboxylic acids is 1. The van der Waals surface area contributed by atoms with Crippen molar-refractivity contribution in [1.82, 2.24) is 10.3 Å². The molecule has 13 nitrogen and oxygen atoms in total. The van der Waals surface area contributed by atoms with Crippen LogP contribution in [0, 0.1) is 10.8 Å². The topological polar surface area (TPSA) is 211 Å². The van der Waals surface area contributed by atoms with E-state index in [4.69, 9.17) is 20.1 Å². The zero-order valence-electron chi connectivity index (χ0n) is 26.3. The Bertz CT molecular complexity index is 1720. The number of carbonyl (C=O) groups excluding carboxylic acids is 2. The maximum absolute atomic E-state index is 13.6. The minimum atomic E-state index is -3.77. The number of anilines is 1. The molecule has 2 aromatic carbocycles. The van der Waals surface area contributed by atoms with Crippen molar-refractivity contribution in [2.45, 2.75) is 46.6 Å². The summed E-state index contributed by atoms with van der Waals surface area (Å²) in [6, 6.07) is 12.6. The number of pyridine rings is 1. The van der Waals surface area contributed by atoms with Gasteiger partial charge < -0.3 is 26.2 Å². The van der Waals surface area contributed by atoms with E-state index < -0.39 is 39.4 Å². The molecule has 0 aliphatic carbocycles. The number of hydrogen-bond acceptors (Lipinski definition) is 9. The summed E-state index contributed by atoms with van der Waals surface area (Å²) in [7, 11) is -3.77. The van der Waals surface area contributed by atoms with Gasteiger partial charge in [0.05, 0.1) is 31.1 Å². The van der Waals surface area contributed by atoms with Gasteiger partial charge in [-0.1, -0.05) is 40.2 Å². The van der Waals surface area contributed by atoms with Crippen molar-refractivity contribution in [3.8, 4) is 17.0 Å². The van der Waals surface area contributed by atoms with Crippen LogP contribution in [0.2, 0.25) is 0 Å². The second kappa shape index (κ2) is 15.0. The largest absolute Gasteiger partial charge is 0.478 e. The molecule has 3 aromatic rings. The average molecular weight is 654 g/mol. The lowest BCUT2D eigenvalue weighted by atomic mass is 9.87. The number of aromatic carboxylic acids is 1. The zero-order chi connectivity index (χ0) is 34.2. The van der Waals surface area contributed by atoms with Crippen molar-refractivity contribution in [3.05, 3.63) is 77.0 Å². The van der Waals surface area contributed by atoms with Crippen molar-refractivity contribution >= 4 is 39.4 Å². The van der Waals surface area contributed by atoms with Gasteiger partial charge in [0, 0.05) is 28.4 Å². The lowest BCUT2D eigenvalue weighted by Crippen LogP contribution is -2.47. The number of nitrogen functional groups attached to an aromatic ring is 1. The lowest BCUT2D eigenvalue weighted by Gasteiger charge is -2.31. The molecule has 0 fully saturated rings. The number of amides is 2. The third-order valence-corrected chi connectivity index (χ3v) is 7.45. The molecule has 0 saturated carbocycles. The number of rotatable bonds is 14. The number of carboxylic acid groups (broad SMARTS) is 1. The standard InChI is InChI=1S/C32H39N5O8S/c1-6-7-16-44-26-15-14-23(27(37-26)30(39)35-21-11-8-19(9-12-21)28(33)34)22-13-10-20(17-24(22)31(40)41)29(38)36-25(32(2,3)4)18-45-46(5,42)43/h8-15,17,25H,6-7,16,18H2,1-5H3,(H3,33,34)(H,35,39)(H,36,38)(H,40,41)/t25-/m1/s1. The molecule has 0 saturated heterocycles. The van der Waals surface area contributed by atoms with E-state index in [1.807, 2.05) is 6.92 Å². The highest BCUT2D eigenvalue weighted by atomic mass is 32.2. The molecule has 1 heterocycles. The van der Waals surface area contributed by atoms with E-state index in [2.05, 4.69) is 15.6 Å². The molecule has 0 aliphatic heterocycles. The van der Waals surface area contributed by atoms with E-state index in [1.54, 1.807) is 45.0 Å². The first-order chi connectivity index (χ1) is 21.5. The first kappa shape index (κ1) is 35.7. The number of nitrogens with two attached hydrogens (primary N) is 1. The maximum Gasteiger partial charge on any atom is 0.336 e. The molecule has 1 aromatic heterocycles. The van der Waals surface area contributed by atoms with E-state index in [9.17, 15) is 27.9 Å². The monoisotopic (exact) mass is 653 g/mol. The fourth-order valence-electron chi connectivity index (χ4n) is 4.20. The summed E-state index contributed by atoms with van der Waals surface area (Å²) in [6.07, 6.45) is 2.55. The van der Waals surface area contributed by atoms with Crippen LogP contribution in [0.1, 0.15) is 77.3 Å². The summed E-state index contributed by atoms with van der Waals surface area (Å²) >= 11 is 0. The number of carbonyl (C=O) groups is 3. The van der Waals surface area contributed by atoms with E-state index in [-0.39, 0.29) is 46.3 Å². The number of ether oxygens (including phenoxy) is 1. The van der Waals surface area contributed by atoms with Crippen molar-refractivity contribution in [2.24, 2.45) is 11.1 Å². The molecule has 3 rings (SSSR count). The van der Waals surface area contributed by atoms with Gasteiger partial charge in [-0.2, -0.15) is 8.42 Å². The summed E-state index contributed by atoms with van der Waals surface area (Å²) in [6.45, 7) is 7.44. The Morgan fingerprint density at radius 3 is 2.20 bits per heavy atom. The Kier molecular flexibility index (Phi) is 11.6. The number of nitrogens with zero attached hydrogens (tertiary/aromatic N) is 1. The lowest BCUT2D eigenvalue weighted by molar-refractivity contribution is 0.0697. The maximum atomic E-state index is 13.6. The Morgan fingerprint density at radius 2 is 1.63 bits per heavy atom. The minimum Gasteiger partial charge on any atom is -0.478 e. The van der Waals surface area contributed by atoms with E-state index in [1.165, 1.54) is 30.3 Å². The molecule has 246 valence electrons. The molecule has 1 atom stereocenters. The van der Waals surface area contributed by atoms with Gasteiger partial charge in [0.2, 0.25) is 5.88 Å².